The predicted molar refractivity (Wildman–Crippen MR) is 87.7 cm³/mol. The molecular weight excluding hydrogens is 282 g/mol. The fourth-order valence-electron chi connectivity index (χ4n) is 2.21. The lowest BCUT2D eigenvalue weighted by molar-refractivity contribution is 0.0828. The van der Waals surface area contributed by atoms with Crippen LogP contribution in [0.25, 0.3) is 0 Å². The van der Waals surface area contributed by atoms with E-state index in [4.69, 9.17) is 10.5 Å². The minimum absolute atomic E-state index is 0.131. The largest absolute Gasteiger partial charge is 0.447 e. The maximum absolute atomic E-state index is 12.2. The molecule has 1 amide bonds. The standard InChI is InChI=1S/C16H25N3O3/c1-4-8-16(17,9-5-2)13-22-15(20)19-10-6-7-14(12-19)11-18-21-3/h4-5,7,11H,1-2,6,8-10,12-13,17H2,3H3. The van der Waals surface area contributed by atoms with Crippen LogP contribution in [0.5, 0.6) is 0 Å². The average molecular weight is 307 g/mol. The zero-order chi connectivity index (χ0) is 16.4. The van der Waals surface area contributed by atoms with Gasteiger partial charge >= 0.3 is 6.09 Å². The first-order valence-electron chi connectivity index (χ1n) is 7.22. The number of amides is 1. The molecule has 1 aliphatic rings. The molecule has 6 heteroatoms. The number of carbonyl (C=O) groups excluding carboxylic acids is 1. The normalized spacial score (nSPS) is 15.4. The van der Waals surface area contributed by atoms with Gasteiger partial charge in [-0.15, -0.1) is 13.2 Å². The molecule has 0 atom stereocenters. The van der Waals surface area contributed by atoms with Crippen LogP contribution in [0.3, 0.4) is 0 Å². The number of hydrogen-bond acceptors (Lipinski definition) is 5. The summed E-state index contributed by atoms with van der Waals surface area (Å²) in [5, 5.41) is 3.71. The number of carbonyl (C=O) groups is 1. The van der Waals surface area contributed by atoms with Gasteiger partial charge in [0.05, 0.1) is 18.3 Å². The van der Waals surface area contributed by atoms with Gasteiger partial charge in [-0.25, -0.2) is 4.79 Å². The summed E-state index contributed by atoms with van der Waals surface area (Å²) in [6.07, 6.45) is 8.56. The van der Waals surface area contributed by atoms with E-state index < -0.39 is 5.54 Å². The fraction of sp³-hybridized carbons (Fsp3) is 0.500. The molecule has 0 aromatic rings. The van der Waals surface area contributed by atoms with Crippen LogP contribution in [0.1, 0.15) is 19.3 Å². The van der Waals surface area contributed by atoms with Crippen LogP contribution in [0.15, 0.2) is 42.1 Å². The van der Waals surface area contributed by atoms with Crippen LogP contribution in [0, 0.1) is 0 Å². The Labute approximate surface area is 131 Å². The molecule has 0 saturated carbocycles. The van der Waals surface area contributed by atoms with E-state index >= 15 is 0 Å². The first-order valence-corrected chi connectivity index (χ1v) is 7.22. The third-order valence-electron chi connectivity index (χ3n) is 3.35. The molecule has 1 rings (SSSR count). The maximum atomic E-state index is 12.2. The van der Waals surface area contributed by atoms with Crippen molar-refractivity contribution in [1.82, 2.24) is 4.90 Å². The Hall–Kier alpha value is -2.08. The Morgan fingerprint density at radius 3 is 2.77 bits per heavy atom. The highest BCUT2D eigenvalue weighted by atomic mass is 16.6. The van der Waals surface area contributed by atoms with Gasteiger partial charge in [-0.3, -0.25) is 0 Å². The van der Waals surface area contributed by atoms with E-state index in [1.165, 1.54) is 7.11 Å². The summed E-state index contributed by atoms with van der Waals surface area (Å²) in [4.78, 5) is 18.4. The molecule has 0 bridgehead atoms. The van der Waals surface area contributed by atoms with Crippen molar-refractivity contribution in [1.29, 1.82) is 0 Å². The van der Waals surface area contributed by atoms with Crippen molar-refractivity contribution in [3.8, 4) is 0 Å². The fourth-order valence-corrected chi connectivity index (χ4v) is 2.21. The molecule has 22 heavy (non-hydrogen) atoms. The smallest absolute Gasteiger partial charge is 0.410 e. The summed E-state index contributed by atoms with van der Waals surface area (Å²) in [5.74, 6) is 0. The topological polar surface area (TPSA) is 77.2 Å². The summed E-state index contributed by atoms with van der Waals surface area (Å²) in [5.41, 5.74) is 6.47. The van der Waals surface area contributed by atoms with Gasteiger partial charge in [0.25, 0.3) is 0 Å². The second kappa shape index (κ2) is 9.04. The SMILES string of the molecule is C=CCC(N)(CC=C)COC(=O)N1CCC=C(C=NOC)C1. The minimum atomic E-state index is -0.648. The quantitative estimate of drug-likeness (QED) is 0.424. The molecule has 0 radical (unpaired) electrons. The van der Waals surface area contributed by atoms with Crippen LogP contribution in [0.2, 0.25) is 0 Å². The van der Waals surface area contributed by atoms with Crippen molar-refractivity contribution in [2.45, 2.75) is 24.8 Å². The molecule has 122 valence electrons. The molecule has 1 aliphatic heterocycles. The minimum Gasteiger partial charge on any atom is -0.447 e. The van der Waals surface area contributed by atoms with E-state index in [1.54, 1.807) is 23.3 Å². The van der Waals surface area contributed by atoms with E-state index in [2.05, 4.69) is 23.2 Å². The second-order valence-corrected chi connectivity index (χ2v) is 5.31. The third-order valence-corrected chi connectivity index (χ3v) is 3.35. The monoisotopic (exact) mass is 307 g/mol. The van der Waals surface area contributed by atoms with Gasteiger partial charge in [0, 0.05) is 6.54 Å². The van der Waals surface area contributed by atoms with Crippen LogP contribution in [0.4, 0.5) is 4.79 Å². The Balaban J connectivity index is 2.54. The van der Waals surface area contributed by atoms with Gasteiger partial charge in [0.2, 0.25) is 0 Å². The van der Waals surface area contributed by atoms with Crippen molar-refractivity contribution in [2.75, 3.05) is 26.8 Å². The van der Waals surface area contributed by atoms with Gasteiger partial charge < -0.3 is 20.2 Å². The number of oxime groups is 1. The molecular formula is C16H25N3O3. The van der Waals surface area contributed by atoms with Crippen molar-refractivity contribution < 1.29 is 14.4 Å². The van der Waals surface area contributed by atoms with Crippen LogP contribution >= 0.6 is 0 Å². The molecule has 6 nitrogen and oxygen atoms in total. The molecule has 0 aromatic carbocycles. The Bertz CT molecular complexity index is 448. The second-order valence-electron chi connectivity index (χ2n) is 5.31. The number of nitrogens with zero attached hydrogens (tertiary/aromatic N) is 2. The molecule has 0 aromatic heterocycles. The van der Waals surface area contributed by atoms with E-state index in [0.717, 1.165) is 12.0 Å². The Morgan fingerprint density at radius 2 is 2.18 bits per heavy atom. The molecule has 0 unspecified atom stereocenters. The highest BCUT2D eigenvalue weighted by Crippen LogP contribution is 2.16. The lowest BCUT2D eigenvalue weighted by atomic mass is 9.93. The lowest BCUT2D eigenvalue weighted by Crippen LogP contribution is -2.46. The average Bonchev–Trinajstić information content (AvgIpc) is 2.51. The highest BCUT2D eigenvalue weighted by molar-refractivity contribution is 5.80. The molecule has 1 heterocycles. The molecule has 0 aliphatic carbocycles. The van der Waals surface area contributed by atoms with Gasteiger partial charge in [-0.1, -0.05) is 23.4 Å². The molecule has 2 N–H and O–H groups in total. The number of rotatable bonds is 8. The van der Waals surface area contributed by atoms with Crippen LogP contribution in [-0.2, 0) is 9.57 Å². The maximum Gasteiger partial charge on any atom is 0.410 e. The van der Waals surface area contributed by atoms with Gasteiger partial charge in [0.15, 0.2) is 0 Å². The summed E-state index contributed by atoms with van der Waals surface area (Å²) in [6.45, 7) is 8.56. The van der Waals surface area contributed by atoms with Crippen molar-refractivity contribution in [3.63, 3.8) is 0 Å². The van der Waals surface area contributed by atoms with Crippen LogP contribution < -0.4 is 5.73 Å². The third kappa shape index (κ3) is 5.73. The summed E-state index contributed by atoms with van der Waals surface area (Å²) < 4.78 is 5.37. The van der Waals surface area contributed by atoms with Gasteiger partial charge in [0.1, 0.15) is 13.7 Å². The molecule has 0 fully saturated rings. The van der Waals surface area contributed by atoms with Gasteiger partial charge in [-0.2, -0.15) is 0 Å². The summed E-state index contributed by atoms with van der Waals surface area (Å²) in [7, 11) is 1.48. The van der Waals surface area contributed by atoms with E-state index in [0.29, 0.717) is 25.9 Å². The summed E-state index contributed by atoms with van der Waals surface area (Å²) >= 11 is 0. The van der Waals surface area contributed by atoms with Crippen molar-refractivity contribution >= 4 is 12.3 Å². The number of ether oxygens (including phenoxy) is 1. The number of hydrogen-bond donors (Lipinski definition) is 1. The van der Waals surface area contributed by atoms with E-state index in [9.17, 15) is 4.79 Å². The first kappa shape index (κ1) is 18.0. The zero-order valence-electron chi connectivity index (χ0n) is 13.2. The summed E-state index contributed by atoms with van der Waals surface area (Å²) in [6, 6.07) is 0. The predicted octanol–water partition coefficient (Wildman–Crippen LogP) is 2.24. The van der Waals surface area contributed by atoms with E-state index in [-0.39, 0.29) is 12.7 Å². The number of nitrogens with two attached hydrogens (primary N) is 1. The highest BCUT2D eigenvalue weighted by Gasteiger charge is 2.26. The molecule has 0 spiro atoms. The zero-order valence-corrected chi connectivity index (χ0v) is 13.2. The van der Waals surface area contributed by atoms with Gasteiger partial charge in [-0.05, 0) is 24.8 Å². The Kier molecular flexibility index (Phi) is 7.39. The van der Waals surface area contributed by atoms with E-state index in [1.807, 2.05) is 6.08 Å². The van der Waals surface area contributed by atoms with Crippen LogP contribution in [-0.4, -0.2) is 49.6 Å². The lowest BCUT2D eigenvalue weighted by Gasteiger charge is -2.30. The first-order chi connectivity index (χ1) is 10.5. The Morgan fingerprint density at radius 1 is 1.50 bits per heavy atom. The molecule has 0 saturated heterocycles. The van der Waals surface area contributed by atoms with Crippen molar-refractivity contribution in [3.05, 3.63) is 37.0 Å². The van der Waals surface area contributed by atoms with Crippen molar-refractivity contribution in [2.24, 2.45) is 10.9 Å².